The van der Waals surface area contributed by atoms with Crippen LogP contribution in [-0.4, -0.2) is 22.2 Å². The van der Waals surface area contributed by atoms with Crippen LogP contribution in [0.25, 0.3) is 0 Å². The summed E-state index contributed by atoms with van der Waals surface area (Å²) in [5.41, 5.74) is 7.71. The second-order valence-electron chi connectivity index (χ2n) is 4.68. The highest BCUT2D eigenvalue weighted by atomic mass is 16.1. The van der Waals surface area contributed by atoms with Gasteiger partial charge in [-0.2, -0.15) is 5.10 Å². The maximum Gasteiger partial charge on any atom is 0.224 e. The van der Waals surface area contributed by atoms with E-state index in [1.54, 1.807) is 10.9 Å². The van der Waals surface area contributed by atoms with Gasteiger partial charge >= 0.3 is 0 Å². The Balaban J connectivity index is 2.56. The molecule has 17 heavy (non-hydrogen) atoms. The average Bonchev–Trinajstić information content (AvgIpc) is 2.57. The summed E-state index contributed by atoms with van der Waals surface area (Å²) in [6, 6.07) is 0. The molecule has 1 unspecified atom stereocenters. The molecule has 1 amide bonds. The monoisotopic (exact) mass is 238 g/mol. The van der Waals surface area contributed by atoms with Gasteiger partial charge < -0.3 is 11.1 Å². The first-order chi connectivity index (χ1) is 7.97. The third kappa shape index (κ3) is 3.30. The van der Waals surface area contributed by atoms with Crippen molar-refractivity contribution >= 4 is 5.91 Å². The zero-order chi connectivity index (χ0) is 13.0. The summed E-state index contributed by atoms with van der Waals surface area (Å²) < 4.78 is 1.80. The molecule has 0 radical (unpaired) electrons. The fourth-order valence-electron chi connectivity index (χ4n) is 1.71. The third-order valence-electron chi connectivity index (χ3n) is 3.19. The summed E-state index contributed by atoms with van der Waals surface area (Å²) in [6.07, 6.45) is 1.78. The first-order valence-electron chi connectivity index (χ1n) is 5.92. The van der Waals surface area contributed by atoms with Crippen molar-refractivity contribution in [1.29, 1.82) is 0 Å². The van der Waals surface area contributed by atoms with Crippen molar-refractivity contribution < 1.29 is 4.79 Å². The second-order valence-corrected chi connectivity index (χ2v) is 4.68. The van der Waals surface area contributed by atoms with E-state index in [0.29, 0.717) is 13.1 Å². The van der Waals surface area contributed by atoms with E-state index >= 15 is 0 Å². The number of amides is 1. The van der Waals surface area contributed by atoms with E-state index in [1.165, 1.54) is 0 Å². The fraction of sp³-hybridized carbons (Fsp3) is 0.667. The Labute approximate surface area is 102 Å². The van der Waals surface area contributed by atoms with E-state index in [-0.39, 0.29) is 17.7 Å². The molecule has 0 aliphatic heterocycles. The molecule has 0 spiro atoms. The van der Waals surface area contributed by atoms with Crippen molar-refractivity contribution in [2.24, 2.45) is 24.6 Å². The number of nitrogens with one attached hydrogen (secondary N) is 1. The lowest BCUT2D eigenvalue weighted by Crippen LogP contribution is -2.37. The van der Waals surface area contributed by atoms with Crippen molar-refractivity contribution in [3.05, 3.63) is 17.5 Å². The minimum atomic E-state index is -0.119. The molecule has 0 bridgehead atoms. The van der Waals surface area contributed by atoms with Crippen LogP contribution in [0, 0.1) is 18.8 Å². The molecule has 0 aliphatic rings. The largest absolute Gasteiger partial charge is 0.352 e. The topological polar surface area (TPSA) is 72.9 Å². The summed E-state index contributed by atoms with van der Waals surface area (Å²) in [4.78, 5) is 11.9. The number of nitrogens with two attached hydrogens (primary N) is 1. The van der Waals surface area contributed by atoms with Gasteiger partial charge in [-0.15, -0.1) is 0 Å². The number of hydrogen-bond acceptors (Lipinski definition) is 3. The molecule has 1 heterocycles. The zero-order valence-electron chi connectivity index (χ0n) is 11.0. The summed E-state index contributed by atoms with van der Waals surface area (Å²) in [5.74, 6) is 0.160. The Morgan fingerprint density at radius 1 is 1.59 bits per heavy atom. The number of aromatic nitrogens is 2. The van der Waals surface area contributed by atoms with Crippen LogP contribution in [0.3, 0.4) is 0 Å². The smallest absolute Gasteiger partial charge is 0.224 e. The maximum atomic E-state index is 11.9. The van der Waals surface area contributed by atoms with Crippen LogP contribution in [0.5, 0.6) is 0 Å². The van der Waals surface area contributed by atoms with Crippen LogP contribution in [0.1, 0.15) is 25.1 Å². The SMILES string of the molecule is Cc1c(CNC(=O)C(CN)C(C)C)cnn1C. The first kappa shape index (κ1) is 13.7. The minimum absolute atomic E-state index is 0.0192. The Hall–Kier alpha value is -1.36. The molecule has 1 rings (SSSR count). The Morgan fingerprint density at radius 2 is 2.24 bits per heavy atom. The predicted octanol–water partition coefficient (Wildman–Crippen LogP) is 0.576. The van der Waals surface area contributed by atoms with E-state index in [1.807, 2.05) is 27.8 Å². The molecule has 1 aromatic rings. The lowest BCUT2D eigenvalue weighted by molar-refractivity contribution is -0.126. The van der Waals surface area contributed by atoms with Crippen LogP contribution in [-0.2, 0) is 18.4 Å². The van der Waals surface area contributed by atoms with Crippen LogP contribution < -0.4 is 11.1 Å². The standard InChI is InChI=1S/C12H22N4O/c1-8(2)11(5-13)12(17)14-6-10-7-15-16(4)9(10)3/h7-8,11H,5-6,13H2,1-4H3,(H,14,17). The van der Waals surface area contributed by atoms with Crippen molar-refractivity contribution in [3.63, 3.8) is 0 Å². The van der Waals surface area contributed by atoms with Gasteiger partial charge in [0.15, 0.2) is 0 Å². The van der Waals surface area contributed by atoms with Gasteiger partial charge in [-0.3, -0.25) is 9.48 Å². The number of hydrogen-bond donors (Lipinski definition) is 2. The van der Waals surface area contributed by atoms with Gasteiger partial charge in [0, 0.05) is 31.4 Å². The molecular formula is C12H22N4O. The Morgan fingerprint density at radius 3 is 2.65 bits per heavy atom. The number of rotatable bonds is 5. The second kappa shape index (κ2) is 5.82. The Kier molecular flexibility index (Phi) is 4.69. The molecule has 1 aromatic heterocycles. The molecule has 96 valence electrons. The minimum Gasteiger partial charge on any atom is -0.352 e. The number of nitrogens with zero attached hydrogens (tertiary/aromatic N) is 2. The number of carbonyl (C=O) groups is 1. The van der Waals surface area contributed by atoms with Gasteiger partial charge in [-0.25, -0.2) is 0 Å². The molecule has 0 saturated heterocycles. The van der Waals surface area contributed by atoms with Crippen LogP contribution in [0.15, 0.2) is 6.20 Å². The van der Waals surface area contributed by atoms with E-state index in [2.05, 4.69) is 10.4 Å². The molecule has 5 nitrogen and oxygen atoms in total. The number of aryl methyl sites for hydroxylation is 1. The van der Waals surface area contributed by atoms with Gasteiger partial charge in [0.05, 0.1) is 12.1 Å². The highest BCUT2D eigenvalue weighted by Crippen LogP contribution is 2.10. The lowest BCUT2D eigenvalue weighted by atomic mass is 9.95. The van der Waals surface area contributed by atoms with Crippen molar-refractivity contribution in [1.82, 2.24) is 15.1 Å². The molecule has 0 fully saturated rings. The van der Waals surface area contributed by atoms with Crippen molar-refractivity contribution in [2.45, 2.75) is 27.3 Å². The summed E-state index contributed by atoms with van der Waals surface area (Å²) in [6.45, 7) is 6.90. The summed E-state index contributed by atoms with van der Waals surface area (Å²) in [7, 11) is 1.89. The van der Waals surface area contributed by atoms with E-state index in [4.69, 9.17) is 5.73 Å². The quantitative estimate of drug-likeness (QED) is 0.788. The maximum absolute atomic E-state index is 11.9. The predicted molar refractivity (Wildman–Crippen MR) is 67.2 cm³/mol. The van der Waals surface area contributed by atoms with Gasteiger partial charge in [0.2, 0.25) is 5.91 Å². The molecule has 5 heteroatoms. The fourth-order valence-corrected chi connectivity index (χ4v) is 1.71. The zero-order valence-corrected chi connectivity index (χ0v) is 11.0. The van der Waals surface area contributed by atoms with Crippen LogP contribution in [0.2, 0.25) is 0 Å². The molecule has 3 N–H and O–H groups in total. The van der Waals surface area contributed by atoms with Crippen LogP contribution in [0.4, 0.5) is 0 Å². The van der Waals surface area contributed by atoms with Gasteiger partial charge in [0.1, 0.15) is 0 Å². The molecule has 1 atom stereocenters. The summed E-state index contributed by atoms with van der Waals surface area (Å²) in [5, 5.41) is 7.05. The van der Waals surface area contributed by atoms with E-state index in [0.717, 1.165) is 11.3 Å². The van der Waals surface area contributed by atoms with Crippen molar-refractivity contribution in [3.8, 4) is 0 Å². The average molecular weight is 238 g/mol. The van der Waals surface area contributed by atoms with Gasteiger partial charge in [0.25, 0.3) is 0 Å². The van der Waals surface area contributed by atoms with Crippen molar-refractivity contribution in [2.75, 3.05) is 6.54 Å². The highest BCUT2D eigenvalue weighted by Gasteiger charge is 2.20. The summed E-state index contributed by atoms with van der Waals surface area (Å²) >= 11 is 0. The first-order valence-corrected chi connectivity index (χ1v) is 5.92. The van der Waals surface area contributed by atoms with Crippen LogP contribution >= 0.6 is 0 Å². The molecule has 0 saturated carbocycles. The molecule has 0 aromatic carbocycles. The van der Waals surface area contributed by atoms with E-state index in [9.17, 15) is 4.79 Å². The lowest BCUT2D eigenvalue weighted by Gasteiger charge is -2.18. The third-order valence-corrected chi connectivity index (χ3v) is 3.19. The number of carbonyl (C=O) groups excluding carboxylic acids is 1. The van der Waals surface area contributed by atoms with Gasteiger partial charge in [-0.1, -0.05) is 13.8 Å². The normalized spacial score (nSPS) is 12.8. The Bertz CT molecular complexity index is 384. The molecule has 0 aliphatic carbocycles. The highest BCUT2D eigenvalue weighted by molar-refractivity contribution is 5.79. The molecular weight excluding hydrogens is 216 g/mol. The van der Waals surface area contributed by atoms with Gasteiger partial charge in [-0.05, 0) is 12.8 Å². The van der Waals surface area contributed by atoms with E-state index < -0.39 is 0 Å².